The van der Waals surface area contributed by atoms with Gasteiger partial charge >= 0.3 is 0 Å². The second kappa shape index (κ2) is 8.91. The van der Waals surface area contributed by atoms with Gasteiger partial charge in [-0.05, 0) is 26.2 Å². The maximum Gasteiger partial charge on any atom is 0.193 e. The average molecular weight is 336 g/mol. The molecule has 0 saturated heterocycles. The molecule has 2 aromatic rings. The number of aliphatic imine (C=N–C) groups is 1. The topological polar surface area (TPSA) is 53.7 Å². The third-order valence-corrected chi connectivity index (χ3v) is 4.46. The van der Waals surface area contributed by atoms with E-state index in [9.17, 15) is 0 Å². The number of hydrogen-bond donors (Lipinski definition) is 2. The fraction of sp³-hybridized carbons (Fsp3) is 0.647. The number of guanidine groups is 1. The Balaban J connectivity index is 1.87. The molecular formula is C17H29N5S. The van der Waals surface area contributed by atoms with Gasteiger partial charge in [-0.25, -0.2) is 9.98 Å². The number of aromatic nitrogens is 2. The van der Waals surface area contributed by atoms with Crippen molar-refractivity contribution in [1.29, 1.82) is 0 Å². The van der Waals surface area contributed by atoms with Crippen molar-refractivity contribution in [3.8, 4) is 0 Å². The van der Waals surface area contributed by atoms with Crippen molar-refractivity contribution in [2.75, 3.05) is 6.54 Å². The van der Waals surface area contributed by atoms with Gasteiger partial charge in [-0.1, -0.05) is 26.7 Å². The zero-order chi connectivity index (χ0) is 16.7. The van der Waals surface area contributed by atoms with E-state index in [1.165, 1.54) is 19.3 Å². The highest BCUT2D eigenvalue weighted by Crippen LogP contribution is 2.12. The SMILES string of the molecule is CCNC(=NCc1cn2ccsc2n1)NC(C)CCCC(C)C. The molecule has 2 heterocycles. The molecule has 0 saturated carbocycles. The molecule has 0 spiro atoms. The van der Waals surface area contributed by atoms with Crippen molar-refractivity contribution in [3.05, 3.63) is 23.5 Å². The van der Waals surface area contributed by atoms with Crippen LogP contribution in [-0.4, -0.2) is 27.9 Å². The van der Waals surface area contributed by atoms with Gasteiger partial charge in [-0.3, -0.25) is 4.40 Å². The molecule has 0 radical (unpaired) electrons. The maximum absolute atomic E-state index is 4.66. The van der Waals surface area contributed by atoms with Crippen LogP contribution in [0.2, 0.25) is 0 Å². The van der Waals surface area contributed by atoms with E-state index in [1.54, 1.807) is 11.3 Å². The van der Waals surface area contributed by atoms with E-state index in [4.69, 9.17) is 0 Å². The van der Waals surface area contributed by atoms with Crippen molar-refractivity contribution in [2.24, 2.45) is 10.9 Å². The van der Waals surface area contributed by atoms with Crippen LogP contribution in [0.3, 0.4) is 0 Å². The molecule has 0 aliphatic rings. The minimum atomic E-state index is 0.428. The summed E-state index contributed by atoms with van der Waals surface area (Å²) in [5.41, 5.74) is 1.00. The van der Waals surface area contributed by atoms with Crippen LogP contribution in [-0.2, 0) is 6.54 Å². The number of rotatable bonds is 8. The molecule has 1 unspecified atom stereocenters. The summed E-state index contributed by atoms with van der Waals surface area (Å²) in [5, 5.41) is 8.86. The van der Waals surface area contributed by atoms with Crippen molar-refractivity contribution in [2.45, 2.75) is 59.5 Å². The number of thiazole rings is 1. The molecule has 2 aromatic heterocycles. The van der Waals surface area contributed by atoms with E-state index >= 15 is 0 Å². The predicted molar refractivity (Wildman–Crippen MR) is 99.2 cm³/mol. The molecule has 0 aliphatic heterocycles. The van der Waals surface area contributed by atoms with Crippen LogP contribution < -0.4 is 10.6 Å². The van der Waals surface area contributed by atoms with Crippen molar-refractivity contribution < 1.29 is 0 Å². The van der Waals surface area contributed by atoms with Crippen LogP contribution in [0.5, 0.6) is 0 Å². The van der Waals surface area contributed by atoms with Gasteiger partial charge in [0.2, 0.25) is 0 Å². The smallest absolute Gasteiger partial charge is 0.193 e. The molecular weight excluding hydrogens is 306 g/mol. The van der Waals surface area contributed by atoms with Crippen molar-refractivity contribution in [1.82, 2.24) is 20.0 Å². The van der Waals surface area contributed by atoms with Gasteiger partial charge in [0.1, 0.15) is 0 Å². The lowest BCUT2D eigenvalue weighted by atomic mass is 10.0. The molecule has 128 valence electrons. The first-order valence-electron chi connectivity index (χ1n) is 8.54. The van der Waals surface area contributed by atoms with Crippen LogP contribution in [0.1, 0.15) is 52.7 Å². The van der Waals surface area contributed by atoms with Gasteiger partial charge in [0.05, 0.1) is 12.2 Å². The fourth-order valence-electron chi connectivity index (χ4n) is 2.47. The van der Waals surface area contributed by atoms with E-state index in [0.29, 0.717) is 12.6 Å². The third kappa shape index (κ3) is 5.86. The summed E-state index contributed by atoms with van der Waals surface area (Å²) in [6.07, 6.45) is 7.78. The van der Waals surface area contributed by atoms with Gasteiger partial charge < -0.3 is 10.6 Å². The Hall–Kier alpha value is -1.56. The van der Waals surface area contributed by atoms with E-state index in [1.807, 2.05) is 22.2 Å². The van der Waals surface area contributed by atoms with Gasteiger partial charge in [-0.15, -0.1) is 11.3 Å². The highest BCUT2D eigenvalue weighted by Gasteiger charge is 2.07. The first-order chi connectivity index (χ1) is 11.1. The second-order valence-electron chi connectivity index (χ2n) is 6.39. The number of nitrogens with one attached hydrogen (secondary N) is 2. The first-order valence-corrected chi connectivity index (χ1v) is 9.42. The number of hydrogen-bond acceptors (Lipinski definition) is 3. The molecule has 0 amide bonds. The normalized spacial score (nSPS) is 13.7. The highest BCUT2D eigenvalue weighted by atomic mass is 32.1. The van der Waals surface area contributed by atoms with E-state index in [0.717, 1.165) is 29.1 Å². The molecule has 1 atom stereocenters. The first kappa shape index (κ1) is 17.8. The lowest BCUT2D eigenvalue weighted by Gasteiger charge is -2.18. The van der Waals surface area contributed by atoms with E-state index < -0.39 is 0 Å². The average Bonchev–Trinajstić information content (AvgIpc) is 3.05. The fourth-order valence-corrected chi connectivity index (χ4v) is 3.19. The summed E-state index contributed by atoms with van der Waals surface area (Å²) in [5.74, 6) is 1.65. The summed E-state index contributed by atoms with van der Waals surface area (Å²) in [7, 11) is 0. The molecule has 5 nitrogen and oxygen atoms in total. The number of nitrogens with zero attached hydrogens (tertiary/aromatic N) is 3. The van der Waals surface area contributed by atoms with Crippen molar-refractivity contribution >= 4 is 22.3 Å². The second-order valence-corrected chi connectivity index (χ2v) is 7.26. The Kier molecular flexibility index (Phi) is 6.89. The lowest BCUT2D eigenvalue weighted by Crippen LogP contribution is -2.42. The van der Waals surface area contributed by atoms with Crippen LogP contribution in [0.15, 0.2) is 22.8 Å². The van der Waals surface area contributed by atoms with Gasteiger partial charge in [0.15, 0.2) is 10.9 Å². The monoisotopic (exact) mass is 335 g/mol. The Labute approximate surface area is 143 Å². The number of fused-ring (bicyclic) bond motifs is 1. The minimum Gasteiger partial charge on any atom is -0.357 e. The molecule has 0 bridgehead atoms. The maximum atomic E-state index is 4.66. The summed E-state index contributed by atoms with van der Waals surface area (Å²) < 4.78 is 2.05. The van der Waals surface area contributed by atoms with Crippen molar-refractivity contribution in [3.63, 3.8) is 0 Å². The molecule has 2 rings (SSSR count). The molecule has 0 fully saturated rings. The summed E-state index contributed by atoms with van der Waals surface area (Å²) in [6, 6.07) is 0.428. The summed E-state index contributed by atoms with van der Waals surface area (Å²) in [4.78, 5) is 10.3. The van der Waals surface area contributed by atoms with Gasteiger partial charge in [-0.2, -0.15) is 0 Å². The number of imidazole rings is 1. The van der Waals surface area contributed by atoms with Gasteiger partial charge in [0, 0.05) is 30.4 Å². The minimum absolute atomic E-state index is 0.428. The zero-order valence-electron chi connectivity index (χ0n) is 14.7. The zero-order valence-corrected chi connectivity index (χ0v) is 15.5. The van der Waals surface area contributed by atoms with Crippen LogP contribution in [0.4, 0.5) is 0 Å². The largest absolute Gasteiger partial charge is 0.357 e. The predicted octanol–water partition coefficient (Wildman–Crippen LogP) is 3.67. The molecule has 0 aromatic carbocycles. The van der Waals surface area contributed by atoms with Crippen LogP contribution in [0.25, 0.3) is 4.96 Å². The third-order valence-electron chi connectivity index (χ3n) is 3.69. The summed E-state index contributed by atoms with van der Waals surface area (Å²) in [6.45, 7) is 10.3. The Morgan fingerprint density at radius 1 is 1.35 bits per heavy atom. The van der Waals surface area contributed by atoms with Crippen LogP contribution >= 0.6 is 11.3 Å². The molecule has 2 N–H and O–H groups in total. The van der Waals surface area contributed by atoms with Crippen LogP contribution in [0, 0.1) is 5.92 Å². The highest BCUT2D eigenvalue weighted by molar-refractivity contribution is 7.15. The standard InChI is InChI=1S/C17H29N5S/c1-5-18-16(20-14(4)8-6-7-13(2)3)19-11-15-12-22-9-10-23-17(22)21-15/h9-10,12-14H,5-8,11H2,1-4H3,(H2,18,19,20). The van der Waals surface area contributed by atoms with E-state index in [2.05, 4.69) is 48.3 Å². The molecule has 23 heavy (non-hydrogen) atoms. The summed E-state index contributed by atoms with van der Waals surface area (Å²) >= 11 is 1.65. The Morgan fingerprint density at radius 2 is 2.17 bits per heavy atom. The lowest BCUT2D eigenvalue weighted by molar-refractivity contribution is 0.491. The van der Waals surface area contributed by atoms with E-state index in [-0.39, 0.29) is 0 Å². The quantitative estimate of drug-likeness (QED) is 0.572. The Bertz CT molecular complexity index is 585. The van der Waals surface area contributed by atoms with Gasteiger partial charge in [0.25, 0.3) is 0 Å². The molecule has 6 heteroatoms. The Morgan fingerprint density at radius 3 is 2.87 bits per heavy atom. The molecule has 0 aliphatic carbocycles.